The molecule has 0 radical (unpaired) electrons. The number of piperidine rings is 1. The Hall–Kier alpha value is -3.35. The number of sulfonamides is 1. The molecule has 0 aliphatic carbocycles. The Kier molecular flexibility index (Phi) is 7.46. The van der Waals surface area contributed by atoms with Gasteiger partial charge in [-0.2, -0.15) is 4.31 Å². The van der Waals surface area contributed by atoms with Crippen molar-refractivity contribution in [3.8, 4) is 5.75 Å². The summed E-state index contributed by atoms with van der Waals surface area (Å²) in [5, 5.41) is 0.491. The summed E-state index contributed by atoms with van der Waals surface area (Å²) >= 11 is 1.36. The zero-order chi connectivity index (χ0) is 26.9. The van der Waals surface area contributed by atoms with Gasteiger partial charge in [0.2, 0.25) is 15.9 Å². The summed E-state index contributed by atoms with van der Waals surface area (Å²) in [6.45, 7) is 2.68. The van der Waals surface area contributed by atoms with Crippen LogP contribution in [-0.2, 0) is 21.4 Å². The second kappa shape index (κ2) is 10.8. The number of fused-ring (bicyclic) bond motifs is 1. The number of thiazole rings is 1. The minimum atomic E-state index is -4.03. The van der Waals surface area contributed by atoms with E-state index in [1.165, 1.54) is 21.9 Å². The molecule has 38 heavy (non-hydrogen) atoms. The van der Waals surface area contributed by atoms with Gasteiger partial charge < -0.3 is 9.15 Å². The fraction of sp³-hybridized carbons (Fsp3) is 0.308. The topological polar surface area (TPSA) is 93.0 Å². The molecule has 12 heteroatoms. The maximum Gasteiger partial charge on any atom is 0.243 e. The fourth-order valence-corrected chi connectivity index (χ4v) is 6.92. The lowest BCUT2D eigenvalue weighted by atomic mass is 9.96. The van der Waals surface area contributed by atoms with Crippen molar-refractivity contribution in [2.24, 2.45) is 5.92 Å². The van der Waals surface area contributed by atoms with Crippen LogP contribution in [0.3, 0.4) is 0 Å². The Bertz CT molecular complexity index is 1550. The third-order valence-corrected chi connectivity index (χ3v) is 9.33. The second-order valence-corrected chi connectivity index (χ2v) is 11.7. The lowest BCUT2D eigenvalue weighted by molar-refractivity contribution is -0.123. The van der Waals surface area contributed by atoms with Gasteiger partial charge in [-0.1, -0.05) is 17.4 Å². The van der Waals surface area contributed by atoms with Gasteiger partial charge in [-0.3, -0.25) is 9.69 Å². The standard InChI is InChI=1S/C26H25F2N3O5S2/c1-2-35-22-6-3-7-23-24(22)29-26(37-23)31(16-18-5-4-14-36-18)25(32)17-10-12-30(13-11-17)38(33,34)19-8-9-20(27)21(28)15-19/h3-9,14-15,17H,2,10-13,16H2,1H3. The van der Waals surface area contributed by atoms with Crippen LogP contribution in [-0.4, -0.2) is 43.3 Å². The highest BCUT2D eigenvalue weighted by atomic mass is 32.2. The van der Waals surface area contributed by atoms with Crippen molar-refractivity contribution in [3.63, 3.8) is 0 Å². The summed E-state index contributed by atoms with van der Waals surface area (Å²) in [6.07, 6.45) is 2.07. The number of carbonyl (C=O) groups excluding carboxylic acids is 1. The van der Waals surface area contributed by atoms with Gasteiger partial charge >= 0.3 is 0 Å². The third-order valence-electron chi connectivity index (χ3n) is 6.39. The molecule has 2 aromatic carbocycles. The van der Waals surface area contributed by atoms with Gasteiger partial charge in [0, 0.05) is 19.0 Å². The molecule has 5 rings (SSSR count). The van der Waals surface area contributed by atoms with Crippen molar-refractivity contribution in [2.75, 3.05) is 24.6 Å². The number of halogens is 2. The number of amides is 1. The van der Waals surface area contributed by atoms with E-state index in [-0.39, 0.29) is 43.3 Å². The summed E-state index contributed by atoms with van der Waals surface area (Å²) in [4.78, 5) is 19.8. The molecular weight excluding hydrogens is 536 g/mol. The zero-order valence-corrected chi connectivity index (χ0v) is 22.1. The van der Waals surface area contributed by atoms with Crippen LogP contribution in [0, 0.1) is 17.6 Å². The number of anilines is 1. The highest BCUT2D eigenvalue weighted by Crippen LogP contribution is 2.36. The minimum Gasteiger partial charge on any atom is -0.492 e. The average molecular weight is 562 g/mol. The number of para-hydroxylation sites is 1. The smallest absolute Gasteiger partial charge is 0.243 e. The molecule has 0 saturated carbocycles. The number of aromatic nitrogens is 1. The van der Waals surface area contributed by atoms with Crippen molar-refractivity contribution >= 4 is 42.6 Å². The Labute approximate surface area is 222 Å². The number of nitrogens with zero attached hydrogens (tertiary/aromatic N) is 3. The molecule has 1 aliphatic rings. The number of ether oxygens (including phenoxy) is 1. The van der Waals surface area contributed by atoms with Crippen LogP contribution in [0.4, 0.5) is 13.9 Å². The van der Waals surface area contributed by atoms with E-state index in [1.54, 1.807) is 17.0 Å². The Morgan fingerprint density at radius 1 is 1.16 bits per heavy atom. The molecule has 0 atom stereocenters. The fourth-order valence-electron chi connectivity index (χ4n) is 4.45. The number of benzene rings is 2. The quantitative estimate of drug-likeness (QED) is 0.294. The van der Waals surface area contributed by atoms with Crippen LogP contribution >= 0.6 is 11.3 Å². The number of hydrogen-bond acceptors (Lipinski definition) is 7. The molecule has 4 aromatic rings. The summed E-state index contributed by atoms with van der Waals surface area (Å²) in [5.74, 6) is -1.78. The molecule has 1 saturated heterocycles. The van der Waals surface area contributed by atoms with Gasteiger partial charge in [-0.25, -0.2) is 22.2 Å². The van der Waals surface area contributed by atoms with Gasteiger partial charge in [0.05, 0.1) is 29.0 Å². The van der Waals surface area contributed by atoms with Gasteiger partial charge in [0.15, 0.2) is 16.8 Å². The minimum absolute atomic E-state index is 0.0701. The summed E-state index contributed by atoms with van der Waals surface area (Å²) in [6, 6.07) is 11.6. The highest BCUT2D eigenvalue weighted by Gasteiger charge is 2.35. The first-order valence-corrected chi connectivity index (χ1v) is 14.3. The molecule has 0 spiro atoms. The highest BCUT2D eigenvalue weighted by molar-refractivity contribution is 7.89. The third kappa shape index (κ3) is 5.16. The van der Waals surface area contributed by atoms with E-state index in [0.29, 0.717) is 34.8 Å². The van der Waals surface area contributed by atoms with Crippen LogP contribution in [0.15, 0.2) is 64.1 Å². The van der Waals surface area contributed by atoms with Gasteiger partial charge in [-0.05, 0) is 62.2 Å². The molecule has 3 heterocycles. The molecule has 2 aromatic heterocycles. The maximum absolute atomic E-state index is 13.8. The zero-order valence-electron chi connectivity index (χ0n) is 20.5. The normalized spacial score (nSPS) is 15.1. The first kappa shape index (κ1) is 26.3. The monoisotopic (exact) mass is 561 g/mol. The Balaban J connectivity index is 1.37. The Morgan fingerprint density at radius 2 is 1.95 bits per heavy atom. The first-order valence-electron chi connectivity index (χ1n) is 12.1. The molecule has 1 amide bonds. The van der Waals surface area contributed by atoms with E-state index in [1.807, 2.05) is 25.1 Å². The van der Waals surface area contributed by atoms with E-state index < -0.39 is 27.6 Å². The van der Waals surface area contributed by atoms with Crippen LogP contribution < -0.4 is 9.64 Å². The second-order valence-electron chi connectivity index (χ2n) is 8.79. The van der Waals surface area contributed by atoms with Gasteiger partial charge in [-0.15, -0.1) is 0 Å². The SMILES string of the molecule is CCOc1cccc2sc(N(Cc3ccco3)C(=O)C3CCN(S(=O)(=O)c4ccc(F)c(F)c4)CC3)nc12. The Morgan fingerprint density at radius 3 is 2.63 bits per heavy atom. The molecule has 1 fully saturated rings. The first-order chi connectivity index (χ1) is 18.3. The van der Waals surface area contributed by atoms with Gasteiger partial charge in [0.1, 0.15) is 17.0 Å². The number of furan rings is 1. The molecular formula is C26H25F2N3O5S2. The molecule has 8 nitrogen and oxygen atoms in total. The predicted molar refractivity (Wildman–Crippen MR) is 139 cm³/mol. The lowest BCUT2D eigenvalue weighted by Crippen LogP contribution is -2.44. The number of hydrogen-bond donors (Lipinski definition) is 0. The van der Waals surface area contributed by atoms with E-state index >= 15 is 0 Å². The molecule has 1 aliphatic heterocycles. The summed E-state index contributed by atoms with van der Waals surface area (Å²) in [5.41, 5.74) is 0.666. The number of rotatable bonds is 8. The van der Waals surface area contributed by atoms with Crippen LogP contribution in [0.5, 0.6) is 5.75 Å². The largest absolute Gasteiger partial charge is 0.492 e. The predicted octanol–water partition coefficient (Wildman–Crippen LogP) is 5.20. The summed E-state index contributed by atoms with van der Waals surface area (Å²) < 4.78 is 66.2. The van der Waals surface area contributed by atoms with Crippen molar-refractivity contribution in [1.29, 1.82) is 0 Å². The van der Waals surface area contributed by atoms with Gasteiger partial charge in [0.25, 0.3) is 0 Å². The lowest BCUT2D eigenvalue weighted by Gasteiger charge is -2.32. The summed E-state index contributed by atoms with van der Waals surface area (Å²) in [7, 11) is -4.03. The van der Waals surface area contributed by atoms with Crippen molar-refractivity contribution in [1.82, 2.24) is 9.29 Å². The molecule has 0 N–H and O–H groups in total. The molecule has 0 unspecified atom stereocenters. The molecule has 0 bridgehead atoms. The van der Waals surface area contributed by atoms with E-state index in [4.69, 9.17) is 14.1 Å². The van der Waals surface area contributed by atoms with Crippen LogP contribution in [0.2, 0.25) is 0 Å². The molecule has 200 valence electrons. The average Bonchev–Trinajstić information content (AvgIpc) is 3.59. The van der Waals surface area contributed by atoms with E-state index in [9.17, 15) is 22.0 Å². The maximum atomic E-state index is 13.8. The van der Waals surface area contributed by atoms with Crippen molar-refractivity contribution < 1.29 is 31.1 Å². The van der Waals surface area contributed by atoms with Crippen molar-refractivity contribution in [2.45, 2.75) is 31.2 Å². The van der Waals surface area contributed by atoms with Crippen molar-refractivity contribution in [3.05, 3.63) is 72.2 Å². The van der Waals surface area contributed by atoms with E-state index in [0.717, 1.165) is 16.8 Å². The number of carbonyl (C=O) groups is 1. The van der Waals surface area contributed by atoms with Crippen LogP contribution in [0.1, 0.15) is 25.5 Å². The van der Waals surface area contributed by atoms with Crippen LogP contribution in [0.25, 0.3) is 10.2 Å². The van der Waals surface area contributed by atoms with E-state index in [2.05, 4.69) is 0 Å².